The molecule has 0 bridgehead atoms. The van der Waals surface area contributed by atoms with Gasteiger partial charge < -0.3 is 5.11 Å². The molecular weight excluding hydrogens is 188 g/mol. The van der Waals surface area contributed by atoms with Gasteiger partial charge in [-0.15, -0.1) is 0 Å². The van der Waals surface area contributed by atoms with E-state index < -0.39 is 5.97 Å². The Balaban J connectivity index is 3.10. The van der Waals surface area contributed by atoms with Gasteiger partial charge in [-0.05, 0) is 29.0 Å². The van der Waals surface area contributed by atoms with E-state index in [0.717, 1.165) is 17.5 Å². The van der Waals surface area contributed by atoms with E-state index in [4.69, 9.17) is 5.11 Å². The lowest BCUT2D eigenvalue weighted by Crippen LogP contribution is -2.05. The van der Waals surface area contributed by atoms with Crippen molar-refractivity contribution in [3.05, 3.63) is 34.9 Å². The summed E-state index contributed by atoms with van der Waals surface area (Å²) >= 11 is 0. The van der Waals surface area contributed by atoms with Gasteiger partial charge in [-0.1, -0.05) is 39.0 Å². The van der Waals surface area contributed by atoms with Gasteiger partial charge in [0.15, 0.2) is 0 Å². The van der Waals surface area contributed by atoms with Crippen molar-refractivity contribution in [2.24, 2.45) is 0 Å². The van der Waals surface area contributed by atoms with Gasteiger partial charge in [-0.3, -0.25) is 4.79 Å². The normalized spacial score (nSPS) is 10.7. The van der Waals surface area contributed by atoms with Crippen molar-refractivity contribution in [2.45, 2.75) is 39.5 Å². The summed E-state index contributed by atoms with van der Waals surface area (Å²) in [5, 5.41) is 8.84. The fourth-order valence-electron chi connectivity index (χ4n) is 1.76. The van der Waals surface area contributed by atoms with Crippen molar-refractivity contribution in [2.75, 3.05) is 0 Å². The van der Waals surface area contributed by atoms with Crippen LogP contribution in [0.3, 0.4) is 0 Å². The Hall–Kier alpha value is -1.31. The Morgan fingerprint density at radius 1 is 1.40 bits per heavy atom. The van der Waals surface area contributed by atoms with Crippen molar-refractivity contribution < 1.29 is 9.90 Å². The lowest BCUT2D eigenvalue weighted by Gasteiger charge is -2.12. The van der Waals surface area contributed by atoms with Gasteiger partial charge in [0.05, 0.1) is 6.42 Å². The summed E-state index contributed by atoms with van der Waals surface area (Å²) in [4.78, 5) is 10.7. The quantitative estimate of drug-likeness (QED) is 0.822. The number of aliphatic carboxylic acids is 1. The van der Waals surface area contributed by atoms with Crippen LogP contribution < -0.4 is 0 Å². The molecule has 0 fully saturated rings. The molecule has 1 rings (SSSR count). The number of hydrogen-bond acceptors (Lipinski definition) is 1. The number of aryl methyl sites for hydroxylation is 1. The van der Waals surface area contributed by atoms with E-state index >= 15 is 0 Å². The molecule has 0 aromatic heterocycles. The predicted octanol–water partition coefficient (Wildman–Crippen LogP) is 3.00. The first kappa shape index (κ1) is 11.8. The minimum absolute atomic E-state index is 0.126. The Morgan fingerprint density at radius 2 is 2.07 bits per heavy atom. The Morgan fingerprint density at radius 3 is 2.53 bits per heavy atom. The lowest BCUT2D eigenvalue weighted by molar-refractivity contribution is -0.136. The number of carbonyl (C=O) groups is 1. The molecule has 0 aliphatic carbocycles. The molecule has 0 aliphatic heterocycles. The van der Waals surface area contributed by atoms with E-state index in [1.807, 2.05) is 6.07 Å². The van der Waals surface area contributed by atoms with Crippen LogP contribution in [0.2, 0.25) is 0 Å². The van der Waals surface area contributed by atoms with Crippen molar-refractivity contribution in [3.63, 3.8) is 0 Å². The first-order valence-electron chi connectivity index (χ1n) is 5.38. The minimum Gasteiger partial charge on any atom is -0.481 e. The average molecular weight is 206 g/mol. The smallest absolute Gasteiger partial charge is 0.307 e. The van der Waals surface area contributed by atoms with Crippen LogP contribution in [0.15, 0.2) is 18.2 Å². The molecule has 0 amide bonds. The average Bonchev–Trinajstić information content (AvgIpc) is 2.16. The molecule has 1 aromatic carbocycles. The monoisotopic (exact) mass is 206 g/mol. The second-order valence-electron chi connectivity index (χ2n) is 4.11. The highest BCUT2D eigenvalue weighted by atomic mass is 16.4. The molecule has 0 saturated heterocycles. The molecule has 0 unspecified atom stereocenters. The Labute approximate surface area is 90.9 Å². The molecule has 0 aliphatic rings. The van der Waals surface area contributed by atoms with E-state index in [0.29, 0.717) is 5.92 Å². The van der Waals surface area contributed by atoms with Gasteiger partial charge in [0.2, 0.25) is 0 Å². The van der Waals surface area contributed by atoms with Crippen LogP contribution in [0.25, 0.3) is 0 Å². The van der Waals surface area contributed by atoms with Crippen molar-refractivity contribution in [1.29, 1.82) is 0 Å². The fourth-order valence-corrected chi connectivity index (χ4v) is 1.76. The number of carboxylic acids is 1. The summed E-state index contributed by atoms with van der Waals surface area (Å²) in [5.74, 6) is -0.379. The molecule has 1 N–H and O–H groups in total. The highest BCUT2D eigenvalue weighted by molar-refractivity contribution is 5.71. The van der Waals surface area contributed by atoms with Crippen LogP contribution in [0.5, 0.6) is 0 Å². The van der Waals surface area contributed by atoms with E-state index in [-0.39, 0.29) is 6.42 Å². The number of hydrogen-bond donors (Lipinski definition) is 1. The summed E-state index contributed by atoms with van der Waals surface area (Å²) in [7, 11) is 0. The first-order chi connectivity index (χ1) is 7.04. The molecule has 82 valence electrons. The lowest BCUT2D eigenvalue weighted by atomic mass is 9.93. The molecule has 2 heteroatoms. The molecule has 0 heterocycles. The standard InChI is InChI=1S/C13H18O2/c1-4-10-5-6-12(9(2)3)11(7-10)8-13(14)15/h5-7,9H,4,8H2,1-3H3,(H,14,15). The Kier molecular flexibility index (Phi) is 3.89. The van der Waals surface area contributed by atoms with E-state index in [1.54, 1.807) is 0 Å². The van der Waals surface area contributed by atoms with Gasteiger partial charge in [0, 0.05) is 0 Å². The molecule has 0 spiro atoms. The molecule has 0 saturated carbocycles. The van der Waals surface area contributed by atoms with E-state index in [9.17, 15) is 4.79 Å². The molecule has 0 atom stereocenters. The first-order valence-corrected chi connectivity index (χ1v) is 5.38. The SMILES string of the molecule is CCc1ccc(C(C)C)c(CC(=O)O)c1. The van der Waals surface area contributed by atoms with Gasteiger partial charge in [-0.2, -0.15) is 0 Å². The van der Waals surface area contributed by atoms with Gasteiger partial charge in [0.1, 0.15) is 0 Å². The zero-order chi connectivity index (χ0) is 11.4. The molecular formula is C13H18O2. The third-order valence-electron chi connectivity index (χ3n) is 2.58. The Bertz CT molecular complexity index is 354. The van der Waals surface area contributed by atoms with E-state index in [1.165, 1.54) is 5.56 Å². The number of carboxylic acid groups (broad SMARTS) is 1. The topological polar surface area (TPSA) is 37.3 Å². The third-order valence-corrected chi connectivity index (χ3v) is 2.58. The van der Waals surface area contributed by atoms with Gasteiger partial charge >= 0.3 is 5.97 Å². The summed E-state index contributed by atoms with van der Waals surface area (Å²) in [5.41, 5.74) is 3.31. The van der Waals surface area contributed by atoms with Crippen molar-refractivity contribution in [3.8, 4) is 0 Å². The van der Waals surface area contributed by atoms with E-state index in [2.05, 4.69) is 32.9 Å². The molecule has 15 heavy (non-hydrogen) atoms. The summed E-state index contributed by atoms with van der Waals surface area (Å²) < 4.78 is 0. The van der Waals surface area contributed by atoms with Crippen molar-refractivity contribution in [1.82, 2.24) is 0 Å². The van der Waals surface area contributed by atoms with Crippen LogP contribution in [0.4, 0.5) is 0 Å². The summed E-state index contributed by atoms with van der Waals surface area (Å²) in [6.45, 7) is 6.26. The zero-order valence-corrected chi connectivity index (χ0v) is 9.58. The number of benzene rings is 1. The fraction of sp³-hybridized carbons (Fsp3) is 0.462. The second-order valence-corrected chi connectivity index (χ2v) is 4.11. The maximum absolute atomic E-state index is 10.7. The van der Waals surface area contributed by atoms with Gasteiger partial charge in [-0.25, -0.2) is 0 Å². The highest BCUT2D eigenvalue weighted by Gasteiger charge is 2.10. The van der Waals surface area contributed by atoms with Gasteiger partial charge in [0.25, 0.3) is 0 Å². The third kappa shape index (κ3) is 3.08. The van der Waals surface area contributed by atoms with Crippen LogP contribution in [0, 0.1) is 0 Å². The number of rotatable bonds is 4. The molecule has 1 aromatic rings. The van der Waals surface area contributed by atoms with Crippen LogP contribution in [0.1, 0.15) is 43.4 Å². The summed E-state index contributed by atoms with van der Waals surface area (Å²) in [6.07, 6.45) is 1.08. The van der Waals surface area contributed by atoms with Crippen molar-refractivity contribution >= 4 is 5.97 Å². The highest BCUT2D eigenvalue weighted by Crippen LogP contribution is 2.21. The predicted molar refractivity (Wildman–Crippen MR) is 61.2 cm³/mol. The minimum atomic E-state index is -0.759. The maximum Gasteiger partial charge on any atom is 0.307 e. The largest absolute Gasteiger partial charge is 0.481 e. The van der Waals surface area contributed by atoms with Crippen LogP contribution >= 0.6 is 0 Å². The zero-order valence-electron chi connectivity index (χ0n) is 9.58. The second kappa shape index (κ2) is 4.96. The maximum atomic E-state index is 10.7. The van der Waals surface area contributed by atoms with Crippen LogP contribution in [-0.2, 0) is 17.6 Å². The summed E-state index contributed by atoms with van der Waals surface area (Å²) in [6, 6.07) is 6.16. The molecule has 2 nitrogen and oxygen atoms in total. The molecule has 0 radical (unpaired) electrons. The van der Waals surface area contributed by atoms with Crippen LogP contribution in [-0.4, -0.2) is 11.1 Å².